The van der Waals surface area contributed by atoms with E-state index in [1.165, 1.54) is 21.9 Å². The van der Waals surface area contributed by atoms with Gasteiger partial charge in [0.05, 0.1) is 0 Å². The average Bonchev–Trinajstić information content (AvgIpc) is 3.54. The second-order valence-electron chi connectivity index (χ2n) is 9.49. The van der Waals surface area contributed by atoms with Gasteiger partial charge in [-0.25, -0.2) is 0 Å². The van der Waals surface area contributed by atoms with Gasteiger partial charge in [0.2, 0.25) is 0 Å². The minimum absolute atomic E-state index is 0.102. The van der Waals surface area contributed by atoms with Crippen LogP contribution in [0.25, 0.3) is 21.5 Å². The fourth-order valence-corrected chi connectivity index (χ4v) is 5.03. The van der Waals surface area contributed by atoms with Gasteiger partial charge in [-0.05, 0) is 69.8 Å². The van der Waals surface area contributed by atoms with Gasteiger partial charge in [0.1, 0.15) is 0 Å². The van der Waals surface area contributed by atoms with Crippen molar-refractivity contribution in [3.05, 3.63) is 126 Å². The highest BCUT2D eigenvalue weighted by Gasteiger charge is 2.51. The zero-order valence-corrected chi connectivity index (χ0v) is 18.9. The number of carbonyl (C=O) groups is 1. The van der Waals surface area contributed by atoms with Crippen molar-refractivity contribution in [1.82, 2.24) is 0 Å². The van der Waals surface area contributed by atoms with E-state index < -0.39 is 0 Å². The van der Waals surface area contributed by atoms with Crippen LogP contribution in [0.4, 0.5) is 5.69 Å². The van der Waals surface area contributed by atoms with Gasteiger partial charge in [-0.1, -0.05) is 84.9 Å². The average molecular weight is 443 g/mol. The molecule has 0 aromatic heterocycles. The van der Waals surface area contributed by atoms with E-state index in [9.17, 15) is 4.79 Å². The smallest absolute Gasteiger partial charge is 0.255 e. The standard InChI is InChI=1S/C31H26N2O/c32-31(19-21-9-10-22-5-1-3-7-25(22)17-21)20-29(31)24-13-15-28(16-14-24)33-30(34)27-12-11-23-6-2-4-8-26(23)18-27/h1-18,29H,19-20,32H2,(H,33,34)/t29-,31-/m0/s1. The first-order valence-electron chi connectivity index (χ1n) is 11.7. The number of amides is 1. The van der Waals surface area contributed by atoms with Crippen molar-refractivity contribution in [3.8, 4) is 0 Å². The Hall–Kier alpha value is -3.95. The molecule has 1 aliphatic carbocycles. The molecule has 0 unspecified atom stereocenters. The Morgan fingerprint density at radius 2 is 1.38 bits per heavy atom. The molecule has 166 valence electrons. The third kappa shape index (κ3) is 3.95. The Bertz CT molecular complexity index is 1520. The summed E-state index contributed by atoms with van der Waals surface area (Å²) in [6.07, 6.45) is 1.84. The first-order chi connectivity index (χ1) is 16.6. The quantitative estimate of drug-likeness (QED) is 0.319. The monoisotopic (exact) mass is 442 g/mol. The Balaban J connectivity index is 1.13. The van der Waals surface area contributed by atoms with Crippen LogP contribution in [0, 0.1) is 0 Å². The zero-order valence-electron chi connectivity index (χ0n) is 18.9. The van der Waals surface area contributed by atoms with Crippen LogP contribution in [-0.2, 0) is 6.42 Å². The van der Waals surface area contributed by atoms with Gasteiger partial charge in [0.15, 0.2) is 0 Å². The maximum absolute atomic E-state index is 12.8. The molecule has 3 nitrogen and oxygen atoms in total. The Labute approximate surface area is 199 Å². The Morgan fingerprint density at radius 1 is 0.765 bits per heavy atom. The minimum atomic E-state index is -0.210. The predicted octanol–water partition coefficient (Wildman–Crippen LogP) is 6.67. The van der Waals surface area contributed by atoms with Crippen LogP contribution in [0.15, 0.2) is 109 Å². The second kappa shape index (κ2) is 8.12. The molecule has 1 aliphatic rings. The first kappa shape index (κ1) is 20.6. The molecule has 1 fully saturated rings. The molecule has 0 spiro atoms. The molecular formula is C31H26N2O. The van der Waals surface area contributed by atoms with Crippen molar-refractivity contribution >= 4 is 33.1 Å². The van der Waals surface area contributed by atoms with Crippen LogP contribution in [0.5, 0.6) is 0 Å². The van der Waals surface area contributed by atoms with E-state index >= 15 is 0 Å². The Kier molecular flexibility index (Phi) is 4.93. The molecule has 5 aromatic carbocycles. The van der Waals surface area contributed by atoms with Crippen LogP contribution in [0.3, 0.4) is 0 Å². The minimum Gasteiger partial charge on any atom is -0.324 e. The van der Waals surface area contributed by atoms with Crippen LogP contribution in [0.2, 0.25) is 0 Å². The summed E-state index contributed by atoms with van der Waals surface area (Å²) in [7, 11) is 0. The molecule has 34 heavy (non-hydrogen) atoms. The van der Waals surface area contributed by atoms with Crippen molar-refractivity contribution in [2.75, 3.05) is 5.32 Å². The third-order valence-corrected chi connectivity index (χ3v) is 7.05. The summed E-state index contributed by atoms with van der Waals surface area (Å²) in [5.41, 5.74) is 10.5. The summed E-state index contributed by atoms with van der Waals surface area (Å²) < 4.78 is 0. The van der Waals surface area contributed by atoms with Crippen LogP contribution < -0.4 is 11.1 Å². The van der Waals surface area contributed by atoms with E-state index in [1.807, 2.05) is 54.6 Å². The van der Waals surface area contributed by atoms with E-state index in [1.54, 1.807) is 0 Å². The predicted molar refractivity (Wildman–Crippen MR) is 140 cm³/mol. The zero-order chi connectivity index (χ0) is 23.1. The van der Waals surface area contributed by atoms with E-state index in [0.29, 0.717) is 11.5 Å². The molecule has 0 aliphatic heterocycles. The number of hydrogen-bond donors (Lipinski definition) is 2. The molecule has 3 N–H and O–H groups in total. The third-order valence-electron chi connectivity index (χ3n) is 7.05. The molecule has 6 rings (SSSR count). The number of carbonyl (C=O) groups excluding carboxylic acids is 1. The number of rotatable bonds is 5. The summed E-state index contributed by atoms with van der Waals surface area (Å²) >= 11 is 0. The number of nitrogens with two attached hydrogens (primary N) is 1. The summed E-state index contributed by atoms with van der Waals surface area (Å²) in [4.78, 5) is 12.8. The molecule has 1 amide bonds. The van der Waals surface area contributed by atoms with Gasteiger partial charge in [0.25, 0.3) is 5.91 Å². The molecule has 3 heteroatoms. The normalized spacial score (nSPS) is 19.3. The highest BCUT2D eigenvalue weighted by molar-refractivity contribution is 6.06. The largest absolute Gasteiger partial charge is 0.324 e. The number of benzene rings is 5. The fraction of sp³-hybridized carbons (Fsp3) is 0.129. The molecule has 1 saturated carbocycles. The molecule has 0 radical (unpaired) electrons. The molecule has 0 heterocycles. The number of fused-ring (bicyclic) bond motifs is 2. The topological polar surface area (TPSA) is 55.1 Å². The lowest BCUT2D eigenvalue weighted by Crippen LogP contribution is -2.27. The van der Waals surface area contributed by atoms with Gasteiger partial charge in [-0.15, -0.1) is 0 Å². The van der Waals surface area contributed by atoms with Crippen molar-refractivity contribution in [1.29, 1.82) is 0 Å². The van der Waals surface area contributed by atoms with E-state index in [4.69, 9.17) is 5.73 Å². The van der Waals surface area contributed by atoms with Crippen LogP contribution in [0.1, 0.15) is 33.8 Å². The SMILES string of the molecule is N[C@@]1(Cc2ccc3ccccc3c2)C[C@H]1c1ccc(NC(=O)c2ccc3ccccc3c2)cc1. The van der Waals surface area contributed by atoms with E-state index in [0.717, 1.165) is 29.3 Å². The number of hydrogen-bond acceptors (Lipinski definition) is 2. The maximum atomic E-state index is 12.8. The molecule has 2 atom stereocenters. The number of nitrogens with one attached hydrogen (secondary N) is 1. The lowest BCUT2D eigenvalue weighted by atomic mass is 9.97. The van der Waals surface area contributed by atoms with Gasteiger partial charge in [-0.2, -0.15) is 0 Å². The van der Waals surface area contributed by atoms with Crippen molar-refractivity contribution in [2.24, 2.45) is 5.73 Å². The highest BCUT2D eigenvalue weighted by Crippen LogP contribution is 2.51. The molecule has 0 bridgehead atoms. The fourth-order valence-electron chi connectivity index (χ4n) is 5.03. The molecule has 5 aromatic rings. The van der Waals surface area contributed by atoms with E-state index in [2.05, 4.69) is 59.9 Å². The second-order valence-corrected chi connectivity index (χ2v) is 9.49. The van der Waals surface area contributed by atoms with Crippen LogP contribution >= 0.6 is 0 Å². The van der Waals surface area contributed by atoms with Gasteiger partial charge in [-0.3, -0.25) is 4.79 Å². The lowest BCUT2D eigenvalue weighted by molar-refractivity contribution is 0.102. The van der Waals surface area contributed by atoms with E-state index in [-0.39, 0.29) is 11.4 Å². The van der Waals surface area contributed by atoms with Crippen LogP contribution in [-0.4, -0.2) is 11.4 Å². The summed E-state index contributed by atoms with van der Waals surface area (Å²) in [6, 6.07) is 37.0. The van der Waals surface area contributed by atoms with Crippen molar-refractivity contribution in [3.63, 3.8) is 0 Å². The lowest BCUT2D eigenvalue weighted by Gasteiger charge is -2.13. The van der Waals surface area contributed by atoms with Crippen molar-refractivity contribution < 1.29 is 4.79 Å². The Morgan fingerprint density at radius 3 is 2.09 bits per heavy atom. The first-order valence-corrected chi connectivity index (χ1v) is 11.7. The summed E-state index contributed by atoms with van der Waals surface area (Å²) in [5.74, 6) is 0.235. The number of anilines is 1. The maximum Gasteiger partial charge on any atom is 0.255 e. The van der Waals surface area contributed by atoms with Crippen molar-refractivity contribution in [2.45, 2.75) is 24.3 Å². The molecule has 0 saturated heterocycles. The molecular weight excluding hydrogens is 416 g/mol. The van der Waals surface area contributed by atoms with Gasteiger partial charge >= 0.3 is 0 Å². The highest BCUT2D eigenvalue weighted by atomic mass is 16.1. The van der Waals surface area contributed by atoms with Gasteiger partial charge in [0, 0.05) is 22.7 Å². The summed E-state index contributed by atoms with van der Waals surface area (Å²) in [5, 5.41) is 7.72. The van der Waals surface area contributed by atoms with Gasteiger partial charge < -0.3 is 11.1 Å². The summed E-state index contributed by atoms with van der Waals surface area (Å²) in [6.45, 7) is 0.